The zero-order valence-corrected chi connectivity index (χ0v) is 15.2. The number of fused-ring (bicyclic) bond motifs is 1. The first-order valence-corrected chi connectivity index (χ1v) is 9.33. The van der Waals surface area contributed by atoms with Crippen LogP contribution in [0.2, 0.25) is 0 Å². The Labute approximate surface area is 150 Å². The molecule has 2 aliphatic rings. The molecular formula is C21H24N2S. The van der Waals surface area contributed by atoms with E-state index in [4.69, 9.17) is 12.2 Å². The van der Waals surface area contributed by atoms with Crippen molar-refractivity contribution in [2.24, 2.45) is 0 Å². The molecule has 1 heterocycles. The summed E-state index contributed by atoms with van der Waals surface area (Å²) in [5, 5.41) is 0.968. The van der Waals surface area contributed by atoms with Gasteiger partial charge in [0.2, 0.25) is 0 Å². The molecule has 1 aliphatic heterocycles. The molecule has 0 aromatic heterocycles. The third-order valence-electron chi connectivity index (χ3n) is 5.52. The van der Waals surface area contributed by atoms with Crippen LogP contribution in [0.3, 0.4) is 0 Å². The molecule has 2 nitrogen and oxygen atoms in total. The fourth-order valence-corrected chi connectivity index (χ4v) is 4.79. The third kappa shape index (κ3) is 2.42. The van der Waals surface area contributed by atoms with Crippen molar-refractivity contribution in [1.29, 1.82) is 0 Å². The number of thiocarbonyl (C=S) groups is 1. The Hall–Kier alpha value is -1.87. The minimum absolute atomic E-state index is 0.493. The largest absolute Gasteiger partial charge is 0.313 e. The van der Waals surface area contributed by atoms with E-state index in [9.17, 15) is 0 Å². The number of para-hydroxylation sites is 2. The summed E-state index contributed by atoms with van der Waals surface area (Å²) in [6.07, 6.45) is 5.05. The van der Waals surface area contributed by atoms with E-state index < -0.39 is 0 Å². The lowest BCUT2D eigenvalue weighted by Crippen LogP contribution is -2.40. The van der Waals surface area contributed by atoms with Crippen LogP contribution >= 0.6 is 12.2 Å². The predicted molar refractivity (Wildman–Crippen MR) is 106 cm³/mol. The molecular weight excluding hydrogens is 312 g/mol. The highest BCUT2D eigenvalue weighted by molar-refractivity contribution is 7.80. The van der Waals surface area contributed by atoms with E-state index in [2.05, 4.69) is 72.2 Å². The van der Waals surface area contributed by atoms with Crippen LogP contribution in [0.15, 0.2) is 48.5 Å². The second-order valence-corrected chi connectivity index (χ2v) is 7.38. The third-order valence-corrected chi connectivity index (χ3v) is 5.91. The Morgan fingerprint density at radius 2 is 1.17 bits per heavy atom. The summed E-state index contributed by atoms with van der Waals surface area (Å²) in [7, 11) is 0. The summed E-state index contributed by atoms with van der Waals surface area (Å²) in [5.74, 6) is 0. The van der Waals surface area contributed by atoms with Crippen LogP contribution in [0.1, 0.15) is 36.8 Å². The quantitative estimate of drug-likeness (QED) is 0.694. The average molecular weight is 337 g/mol. The average Bonchev–Trinajstić information content (AvgIpc) is 2.88. The summed E-state index contributed by atoms with van der Waals surface area (Å²) < 4.78 is 0. The highest BCUT2D eigenvalue weighted by Crippen LogP contribution is 2.41. The van der Waals surface area contributed by atoms with E-state index in [0.29, 0.717) is 12.1 Å². The van der Waals surface area contributed by atoms with Crippen molar-refractivity contribution in [3.63, 3.8) is 0 Å². The van der Waals surface area contributed by atoms with Gasteiger partial charge in [-0.3, -0.25) is 0 Å². The number of hydrogen-bond acceptors (Lipinski definition) is 1. The molecule has 0 amide bonds. The van der Waals surface area contributed by atoms with E-state index in [-0.39, 0.29) is 0 Å². The standard InChI is InChI=1S/C21H24N2S/c1-15-9-3-5-11-17(15)22-19-13-7-8-14-20(19)23(21(22)24)18-12-6-4-10-16(18)2/h3-6,9-12,19-20H,7-8,13-14H2,1-2H3/t19-,20-/m0/s1. The highest BCUT2D eigenvalue weighted by Gasteiger charge is 2.46. The number of aryl methyl sites for hydroxylation is 2. The fraction of sp³-hybridized carbons (Fsp3) is 0.381. The van der Waals surface area contributed by atoms with Crippen molar-refractivity contribution in [2.45, 2.75) is 51.6 Å². The molecule has 1 saturated carbocycles. The van der Waals surface area contributed by atoms with Crippen LogP contribution in [-0.4, -0.2) is 17.2 Å². The molecule has 124 valence electrons. The van der Waals surface area contributed by atoms with Gasteiger partial charge in [0.25, 0.3) is 0 Å². The van der Waals surface area contributed by atoms with Crippen LogP contribution in [0.25, 0.3) is 0 Å². The molecule has 2 fully saturated rings. The monoisotopic (exact) mass is 336 g/mol. The molecule has 2 atom stereocenters. The zero-order chi connectivity index (χ0) is 16.7. The van der Waals surface area contributed by atoms with Gasteiger partial charge < -0.3 is 9.80 Å². The van der Waals surface area contributed by atoms with Crippen molar-refractivity contribution in [2.75, 3.05) is 9.80 Å². The molecule has 1 aliphatic carbocycles. The van der Waals surface area contributed by atoms with E-state index in [1.54, 1.807) is 0 Å². The Morgan fingerprint density at radius 3 is 1.58 bits per heavy atom. The topological polar surface area (TPSA) is 6.48 Å². The molecule has 4 rings (SSSR count). The Balaban J connectivity index is 1.81. The molecule has 1 saturated heterocycles. The Bertz CT molecular complexity index is 706. The van der Waals surface area contributed by atoms with Gasteiger partial charge >= 0.3 is 0 Å². The second kappa shape index (κ2) is 6.21. The van der Waals surface area contributed by atoms with Gasteiger partial charge in [-0.05, 0) is 62.2 Å². The van der Waals surface area contributed by atoms with Gasteiger partial charge in [0, 0.05) is 11.4 Å². The van der Waals surface area contributed by atoms with Gasteiger partial charge in [-0.1, -0.05) is 49.2 Å². The van der Waals surface area contributed by atoms with Crippen LogP contribution < -0.4 is 9.80 Å². The van der Waals surface area contributed by atoms with Crippen molar-refractivity contribution >= 4 is 28.7 Å². The maximum Gasteiger partial charge on any atom is 0.181 e. The smallest absolute Gasteiger partial charge is 0.181 e. The molecule has 3 heteroatoms. The molecule has 0 unspecified atom stereocenters. The lowest BCUT2D eigenvalue weighted by Gasteiger charge is -2.33. The van der Waals surface area contributed by atoms with Crippen LogP contribution in [0.4, 0.5) is 11.4 Å². The maximum atomic E-state index is 6.01. The van der Waals surface area contributed by atoms with Crippen molar-refractivity contribution in [3.8, 4) is 0 Å². The minimum atomic E-state index is 0.493. The van der Waals surface area contributed by atoms with Crippen LogP contribution in [0, 0.1) is 13.8 Å². The first kappa shape index (κ1) is 15.6. The van der Waals surface area contributed by atoms with E-state index in [1.807, 2.05) is 0 Å². The zero-order valence-electron chi connectivity index (χ0n) is 14.4. The molecule has 2 aromatic carbocycles. The Kier molecular flexibility index (Phi) is 4.05. The summed E-state index contributed by atoms with van der Waals surface area (Å²) in [4.78, 5) is 4.86. The molecule has 2 aromatic rings. The van der Waals surface area contributed by atoms with Crippen LogP contribution in [-0.2, 0) is 0 Å². The van der Waals surface area contributed by atoms with Gasteiger partial charge in [-0.2, -0.15) is 0 Å². The van der Waals surface area contributed by atoms with Crippen molar-refractivity contribution in [1.82, 2.24) is 0 Å². The lowest BCUT2D eigenvalue weighted by atomic mass is 9.89. The summed E-state index contributed by atoms with van der Waals surface area (Å²) in [5.41, 5.74) is 5.15. The summed E-state index contributed by atoms with van der Waals surface area (Å²) in [6.45, 7) is 4.37. The summed E-state index contributed by atoms with van der Waals surface area (Å²) in [6, 6.07) is 18.3. The Morgan fingerprint density at radius 1 is 0.750 bits per heavy atom. The predicted octanol–water partition coefficient (Wildman–Crippen LogP) is 5.23. The van der Waals surface area contributed by atoms with Crippen molar-refractivity contribution in [3.05, 3.63) is 59.7 Å². The van der Waals surface area contributed by atoms with Gasteiger partial charge in [0.15, 0.2) is 5.11 Å². The lowest BCUT2D eigenvalue weighted by molar-refractivity contribution is 0.409. The van der Waals surface area contributed by atoms with Gasteiger partial charge in [-0.15, -0.1) is 0 Å². The normalized spacial score (nSPS) is 23.5. The van der Waals surface area contributed by atoms with E-state index in [0.717, 1.165) is 5.11 Å². The molecule has 0 radical (unpaired) electrons. The van der Waals surface area contributed by atoms with Gasteiger partial charge in [-0.25, -0.2) is 0 Å². The molecule has 24 heavy (non-hydrogen) atoms. The van der Waals surface area contributed by atoms with Crippen molar-refractivity contribution < 1.29 is 0 Å². The number of anilines is 2. The van der Waals surface area contributed by atoms with Gasteiger partial charge in [0.1, 0.15) is 0 Å². The number of benzene rings is 2. The number of rotatable bonds is 2. The summed E-state index contributed by atoms with van der Waals surface area (Å²) >= 11 is 6.01. The SMILES string of the molecule is Cc1ccccc1N1C(=S)N(c2ccccc2C)[C@H]2CCCC[C@@H]21. The van der Waals surface area contributed by atoms with E-state index >= 15 is 0 Å². The van der Waals surface area contributed by atoms with E-state index in [1.165, 1.54) is 48.2 Å². The minimum Gasteiger partial charge on any atom is -0.313 e. The first-order valence-electron chi connectivity index (χ1n) is 8.92. The maximum absolute atomic E-state index is 6.01. The number of nitrogens with zero attached hydrogens (tertiary/aromatic N) is 2. The van der Waals surface area contributed by atoms with Gasteiger partial charge in [0.05, 0.1) is 12.1 Å². The second-order valence-electron chi connectivity index (χ2n) is 7.01. The molecule has 0 N–H and O–H groups in total. The fourth-order valence-electron chi connectivity index (χ4n) is 4.32. The highest BCUT2D eigenvalue weighted by atomic mass is 32.1. The number of hydrogen-bond donors (Lipinski definition) is 0. The van der Waals surface area contributed by atoms with Crippen LogP contribution in [0.5, 0.6) is 0 Å². The molecule has 0 bridgehead atoms. The molecule has 0 spiro atoms. The first-order chi connectivity index (χ1) is 11.7.